The number of nitrogens with zero attached hydrogens (tertiary/aromatic N) is 1. The minimum Gasteiger partial charge on any atom is -0.394 e. The Labute approximate surface area is 69.4 Å². The van der Waals surface area contributed by atoms with Crippen LogP contribution in [-0.4, -0.2) is 49.3 Å². The molecule has 0 fully saturated rings. The Balaban J connectivity index is 3.87. The van der Waals surface area contributed by atoms with Gasteiger partial charge in [0.25, 0.3) is 0 Å². The third-order valence-corrected chi connectivity index (χ3v) is 1.62. The Hall–Kier alpha value is -0.120. The van der Waals surface area contributed by atoms with Gasteiger partial charge in [0.15, 0.2) is 0 Å². The molecule has 0 spiro atoms. The van der Waals surface area contributed by atoms with Gasteiger partial charge in [0.1, 0.15) is 0 Å². The van der Waals surface area contributed by atoms with Crippen molar-refractivity contribution in [2.75, 3.05) is 33.8 Å². The fourth-order valence-electron chi connectivity index (χ4n) is 1.29. The quantitative estimate of drug-likeness (QED) is 0.590. The van der Waals surface area contributed by atoms with Gasteiger partial charge < -0.3 is 15.3 Å². The van der Waals surface area contributed by atoms with E-state index >= 15 is 0 Å². The SMILES string of the molecule is CCNC(C)(CO)CN(C)C. The van der Waals surface area contributed by atoms with E-state index in [4.69, 9.17) is 5.11 Å². The minimum atomic E-state index is -0.155. The normalized spacial score (nSPS) is 16.9. The predicted octanol–water partition coefficient (Wildman–Crippen LogP) is -0.0915. The second kappa shape index (κ2) is 4.70. The minimum absolute atomic E-state index is 0.155. The maximum absolute atomic E-state index is 9.08. The lowest BCUT2D eigenvalue weighted by atomic mass is 10.0. The Morgan fingerprint density at radius 1 is 1.45 bits per heavy atom. The topological polar surface area (TPSA) is 35.5 Å². The smallest absolute Gasteiger partial charge is 0.0623 e. The summed E-state index contributed by atoms with van der Waals surface area (Å²) in [6, 6.07) is 0. The van der Waals surface area contributed by atoms with Crippen molar-refractivity contribution in [1.82, 2.24) is 10.2 Å². The third kappa shape index (κ3) is 4.35. The van der Waals surface area contributed by atoms with E-state index in [2.05, 4.69) is 10.2 Å². The van der Waals surface area contributed by atoms with Gasteiger partial charge in [-0.15, -0.1) is 0 Å². The van der Waals surface area contributed by atoms with Gasteiger partial charge in [-0.1, -0.05) is 6.92 Å². The molecule has 68 valence electrons. The van der Waals surface area contributed by atoms with Crippen LogP contribution in [0.15, 0.2) is 0 Å². The van der Waals surface area contributed by atoms with Crippen LogP contribution in [0, 0.1) is 0 Å². The van der Waals surface area contributed by atoms with Gasteiger partial charge in [0, 0.05) is 6.54 Å². The second-order valence-corrected chi connectivity index (χ2v) is 3.49. The molecule has 0 aromatic rings. The Bertz CT molecular complexity index is 106. The van der Waals surface area contributed by atoms with Gasteiger partial charge in [0.05, 0.1) is 12.1 Å². The van der Waals surface area contributed by atoms with Crippen LogP contribution in [0.3, 0.4) is 0 Å². The molecule has 2 N–H and O–H groups in total. The Morgan fingerprint density at radius 3 is 2.27 bits per heavy atom. The number of aliphatic hydroxyl groups is 1. The van der Waals surface area contributed by atoms with Crippen LogP contribution in [0.1, 0.15) is 13.8 Å². The molecule has 0 saturated carbocycles. The summed E-state index contributed by atoms with van der Waals surface area (Å²) in [6.45, 7) is 6.00. The van der Waals surface area contributed by atoms with E-state index in [1.165, 1.54) is 0 Å². The average molecular weight is 160 g/mol. The van der Waals surface area contributed by atoms with E-state index in [1.54, 1.807) is 0 Å². The molecule has 0 aliphatic heterocycles. The highest BCUT2D eigenvalue weighted by Gasteiger charge is 2.21. The van der Waals surface area contributed by atoms with Gasteiger partial charge in [0.2, 0.25) is 0 Å². The van der Waals surface area contributed by atoms with E-state index in [0.717, 1.165) is 13.1 Å². The molecule has 0 bridgehead atoms. The molecule has 0 aromatic heterocycles. The molecular formula is C8H20N2O. The van der Waals surface area contributed by atoms with E-state index < -0.39 is 0 Å². The highest BCUT2D eigenvalue weighted by Crippen LogP contribution is 2.02. The Morgan fingerprint density at radius 2 is 2.00 bits per heavy atom. The molecule has 1 unspecified atom stereocenters. The second-order valence-electron chi connectivity index (χ2n) is 3.49. The van der Waals surface area contributed by atoms with Gasteiger partial charge >= 0.3 is 0 Å². The highest BCUT2D eigenvalue weighted by molar-refractivity contribution is 4.83. The number of likely N-dealkylation sites (N-methyl/N-ethyl adjacent to an activating group) is 2. The fourth-order valence-corrected chi connectivity index (χ4v) is 1.29. The van der Waals surface area contributed by atoms with Crippen LogP contribution in [-0.2, 0) is 0 Å². The molecule has 0 radical (unpaired) electrons. The summed E-state index contributed by atoms with van der Waals surface area (Å²) in [6.07, 6.45) is 0. The number of hydrogen-bond acceptors (Lipinski definition) is 3. The zero-order valence-corrected chi connectivity index (χ0v) is 8.02. The van der Waals surface area contributed by atoms with Crippen LogP contribution in [0.5, 0.6) is 0 Å². The molecule has 0 aromatic carbocycles. The van der Waals surface area contributed by atoms with Gasteiger partial charge in [-0.2, -0.15) is 0 Å². The van der Waals surface area contributed by atoms with Crippen molar-refractivity contribution in [3.05, 3.63) is 0 Å². The van der Waals surface area contributed by atoms with E-state index in [-0.39, 0.29) is 12.1 Å². The molecule has 0 aliphatic carbocycles. The summed E-state index contributed by atoms with van der Waals surface area (Å²) in [5.74, 6) is 0. The van der Waals surface area contributed by atoms with Crippen molar-refractivity contribution in [2.24, 2.45) is 0 Å². The first-order valence-electron chi connectivity index (χ1n) is 4.04. The molecule has 0 heterocycles. The first-order valence-corrected chi connectivity index (χ1v) is 4.04. The molecular weight excluding hydrogens is 140 g/mol. The summed E-state index contributed by atoms with van der Waals surface area (Å²) < 4.78 is 0. The summed E-state index contributed by atoms with van der Waals surface area (Å²) in [5.41, 5.74) is -0.155. The summed E-state index contributed by atoms with van der Waals surface area (Å²) >= 11 is 0. The van der Waals surface area contributed by atoms with E-state index in [9.17, 15) is 0 Å². The van der Waals surface area contributed by atoms with E-state index in [1.807, 2.05) is 27.9 Å². The monoisotopic (exact) mass is 160 g/mol. The lowest BCUT2D eigenvalue weighted by molar-refractivity contribution is 0.144. The largest absolute Gasteiger partial charge is 0.394 e. The molecule has 0 amide bonds. The number of rotatable bonds is 5. The molecule has 0 saturated heterocycles. The maximum atomic E-state index is 9.08. The average Bonchev–Trinajstić information content (AvgIpc) is 1.87. The molecule has 0 aliphatic rings. The molecule has 3 heteroatoms. The number of hydrogen-bond donors (Lipinski definition) is 2. The first-order chi connectivity index (χ1) is 5.04. The van der Waals surface area contributed by atoms with Crippen molar-refractivity contribution in [1.29, 1.82) is 0 Å². The number of aliphatic hydroxyl groups excluding tert-OH is 1. The maximum Gasteiger partial charge on any atom is 0.0623 e. The van der Waals surface area contributed by atoms with Gasteiger partial charge in [-0.3, -0.25) is 0 Å². The molecule has 1 atom stereocenters. The summed E-state index contributed by atoms with van der Waals surface area (Å²) in [7, 11) is 4.01. The van der Waals surface area contributed by atoms with Crippen LogP contribution < -0.4 is 5.32 Å². The van der Waals surface area contributed by atoms with Gasteiger partial charge in [-0.25, -0.2) is 0 Å². The van der Waals surface area contributed by atoms with E-state index in [0.29, 0.717) is 0 Å². The van der Waals surface area contributed by atoms with Crippen molar-refractivity contribution >= 4 is 0 Å². The van der Waals surface area contributed by atoms with Crippen molar-refractivity contribution < 1.29 is 5.11 Å². The summed E-state index contributed by atoms with van der Waals surface area (Å²) in [5, 5.41) is 12.3. The molecule has 11 heavy (non-hydrogen) atoms. The third-order valence-electron chi connectivity index (χ3n) is 1.62. The number of nitrogens with one attached hydrogen (secondary N) is 1. The predicted molar refractivity (Wildman–Crippen MR) is 47.7 cm³/mol. The highest BCUT2D eigenvalue weighted by atomic mass is 16.3. The molecule has 0 rings (SSSR count). The van der Waals surface area contributed by atoms with Gasteiger partial charge in [-0.05, 0) is 27.6 Å². The van der Waals surface area contributed by atoms with Crippen molar-refractivity contribution in [3.8, 4) is 0 Å². The van der Waals surface area contributed by atoms with Crippen molar-refractivity contribution in [2.45, 2.75) is 19.4 Å². The van der Waals surface area contributed by atoms with Crippen LogP contribution in [0.4, 0.5) is 0 Å². The first kappa shape index (κ1) is 10.9. The van der Waals surface area contributed by atoms with Crippen LogP contribution >= 0.6 is 0 Å². The zero-order valence-electron chi connectivity index (χ0n) is 8.02. The molecule has 3 nitrogen and oxygen atoms in total. The lowest BCUT2D eigenvalue weighted by Crippen LogP contribution is -2.52. The zero-order chi connectivity index (χ0) is 8.91. The van der Waals surface area contributed by atoms with Crippen molar-refractivity contribution in [3.63, 3.8) is 0 Å². The van der Waals surface area contributed by atoms with Crippen LogP contribution in [0.2, 0.25) is 0 Å². The van der Waals surface area contributed by atoms with Crippen LogP contribution in [0.25, 0.3) is 0 Å². The summed E-state index contributed by atoms with van der Waals surface area (Å²) in [4.78, 5) is 2.07. The fraction of sp³-hybridized carbons (Fsp3) is 1.00. The Kier molecular flexibility index (Phi) is 4.65. The lowest BCUT2D eigenvalue weighted by Gasteiger charge is -2.31. The standard InChI is InChI=1S/C8H20N2O/c1-5-9-8(2,7-11)6-10(3)4/h9,11H,5-7H2,1-4H3.